The summed E-state index contributed by atoms with van der Waals surface area (Å²) in [6.45, 7) is 8.04. The first kappa shape index (κ1) is 16.1. The molecule has 1 aliphatic heterocycles. The molecule has 0 radical (unpaired) electrons. The highest BCUT2D eigenvalue weighted by Gasteiger charge is 2.53. The zero-order valence-corrected chi connectivity index (χ0v) is 14.2. The van der Waals surface area contributed by atoms with Crippen molar-refractivity contribution in [2.45, 2.75) is 45.3 Å². The first-order valence-electron chi connectivity index (χ1n) is 7.77. The van der Waals surface area contributed by atoms with Crippen molar-refractivity contribution < 1.29 is 18.8 Å². The Labute approximate surface area is 136 Å². The Morgan fingerprint density at radius 3 is 2.39 bits per heavy atom. The summed E-state index contributed by atoms with van der Waals surface area (Å²) in [6, 6.07) is 7.86. The summed E-state index contributed by atoms with van der Waals surface area (Å²) in [5, 5.41) is 0.989. The molecule has 0 bridgehead atoms. The fraction of sp³-hybridized carbons (Fsp3) is 0.471. The van der Waals surface area contributed by atoms with Crippen LogP contribution in [0.2, 0.25) is 0 Å². The highest BCUT2D eigenvalue weighted by molar-refractivity contribution is 6.62. The number of aromatic nitrogens is 1. The van der Waals surface area contributed by atoms with Gasteiger partial charge in [-0.1, -0.05) is 18.2 Å². The van der Waals surface area contributed by atoms with Crippen molar-refractivity contribution in [2.75, 3.05) is 7.11 Å². The minimum Gasteiger partial charge on any atom is -0.469 e. The van der Waals surface area contributed by atoms with Crippen LogP contribution in [0.25, 0.3) is 10.9 Å². The number of para-hydroxylation sites is 1. The zero-order chi connectivity index (χ0) is 16.8. The van der Waals surface area contributed by atoms with Crippen molar-refractivity contribution in [3.63, 3.8) is 0 Å². The van der Waals surface area contributed by atoms with Gasteiger partial charge in [0.1, 0.15) is 0 Å². The molecule has 1 aromatic heterocycles. The van der Waals surface area contributed by atoms with Gasteiger partial charge in [-0.2, -0.15) is 0 Å². The predicted molar refractivity (Wildman–Crippen MR) is 89.7 cm³/mol. The van der Waals surface area contributed by atoms with Gasteiger partial charge in [-0.25, -0.2) is 0 Å². The summed E-state index contributed by atoms with van der Waals surface area (Å²) in [5.74, 6) is -0.285. The first-order chi connectivity index (χ1) is 10.7. The van der Waals surface area contributed by atoms with Gasteiger partial charge in [0.05, 0.1) is 30.3 Å². The maximum Gasteiger partial charge on any atom is 0.512 e. The van der Waals surface area contributed by atoms with E-state index < -0.39 is 18.3 Å². The minimum atomic E-state index is -0.535. The van der Waals surface area contributed by atoms with E-state index >= 15 is 0 Å². The maximum absolute atomic E-state index is 11.8. The van der Waals surface area contributed by atoms with Crippen LogP contribution >= 0.6 is 0 Å². The fourth-order valence-electron chi connectivity index (χ4n) is 2.79. The second-order valence-corrected chi connectivity index (χ2v) is 6.90. The number of methoxy groups -OCH3 is 1. The molecule has 2 heterocycles. The molecule has 1 N–H and O–H groups in total. The van der Waals surface area contributed by atoms with E-state index in [2.05, 4.69) is 4.98 Å². The molecule has 0 unspecified atom stereocenters. The van der Waals surface area contributed by atoms with E-state index in [4.69, 9.17) is 14.0 Å². The molecule has 0 spiro atoms. The number of carbonyl (C=O) groups excluding carboxylic acids is 1. The summed E-state index contributed by atoms with van der Waals surface area (Å²) in [6.07, 6.45) is 0.180. The third-order valence-corrected chi connectivity index (χ3v) is 4.88. The van der Waals surface area contributed by atoms with E-state index in [-0.39, 0.29) is 12.4 Å². The van der Waals surface area contributed by atoms with Gasteiger partial charge in [0.2, 0.25) is 0 Å². The number of fused-ring (bicyclic) bond motifs is 1. The van der Waals surface area contributed by atoms with Crippen LogP contribution in [0.15, 0.2) is 24.3 Å². The molecule has 122 valence electrons. The molecule has 1 fully saturated rings. The number of hydrogen-bond acceptors (Lipinski definition) is 4. The van der Waals surface area contributed by atoms with Crippen LogP contribution in [0.3, 0.4) is 0 Å². The average Bonchev–Trinajstić information content (AvgIpc) is 2.94. The molecule has 0 atom stereocenters. The van der Waals surface area contributed by atoms with Crippen molar-refractivity contribution >= 4 is 29.6 Å². The van der Waals surface area contributed by atoms with E-state index in [0.29, 0.717) is 0 Å². The van der Waals surface area contributed by atoms with Crippen molar-refractivity contribution in [1.29, 1.82) is 0 Å². The third kappa shape index (κ3) is 2.66. The smallest absolute Gasteiger partial charge is 0.469 e. The number of esters is 1. The monoisotopic (exact) mass is 315 g/mol. The molecule has 0 amide bonds. The number of aromatic amines is 1. The molecule has 1 saturated heterocycles. The van der Waals surface area contributed by atoms with E-state index in [1.165, 1.54) is 7.11 Å². The molecular formula is C17H22BNO4. The Hall–Kier alpha value is -1.79. The number of rotatable bonds is 3. The predicted octanol–water partition coefficient (Wildman–Crippen LogP) is 2.18. The van der Waals surface area contributed by atoms with Crippen LogP contribution in [0.5, 0.6) is 0 Å². The summed E-state index contributed by atoms with van der Waals surface area (Å²) < 4.78 is 17.1. The Kier molecular flexibility index (Phi) is 3.77. The van der Waals surface area contributed by atoms with E-state index in [0.717, 1.165) is 22.1 Å². The molecule has 1 aliphatic rings. The van der Waals surface area contributed by atoms with Crippen molar-refractivity contribution in [1.82, 2.24) is 4.98 Å². The molecule has 0 saturated carbocycles. The molecule has 3 rings (SSSR count). The second kappa shape index (κ2) is 5.39. The van der Waals surface area contributed by atoms with Crippen LogP contribution in [-0.2, 0) is 25.3 Å². The van der Waals surface area contributed by atoms with Crippen LogP contribution in [0.1, 0.15) is 33.3 Å². The highest BCUT2D eigenvalue weighted by atomic mass is 16.7. The van der Waals surface area contributed by atoms with Gasteiger partial charge in [0, 0.05) is 10.9 Å². The molecule has 2 aromatic rings. The SMILES string of the molecule is COC(=O)Cc1c(B2OC(C)(C)C(C)(C)O2)[nH]c2ccccc12. The fourth-order valence-corrected chi connectivity index (χ4v) is 2.79. The van der Waals surface area contributed by atoms with Gasteiger partial charge in [0.15, 0.2) is 0 Å². The van der Waals surface area contributed by atoms with Gasteiger partial charge < -0.3 is 19.0 Å². The van der Waals surface area contributed by atoms with Crippen LogP contribution in [0.4, 0.5) is 0 Å². The molecular weight excluding hydrogens is 293 g/mol. The molecule has 23 heavy (non-hydrogen) atoms. The van der Waals surface area contributed by atoms with Gasteiger partial charge in [-0.05, 0) is 39.3 Å². The zero-order valence-electron chi connectivity index (χ0n) is 14.2. The van der Waals surface area contributed by atoms with Crippen molar-refractivity contribution in [3.8, 4) is 0 Å². The molecule has 1 aromatic carbocycles. The van der Waals surface area contributed by atoms with Gasteiger partial charge in [-0.15, -0.1) is 0 Å². The van der Waals surface area contributed by atoms with Crippen molar-refractivity contribution in [2.24, 2.45) is 0 Å². The minimum absolute atomic E-state index is 0.180. The highest BCUT2D eigenvalue weighted by Crippen LogP contribution is 2.37. The number of H-pyrrole nitrogens is 1. The second-order valence-electron chi connectivity index (χ2n) is 6.90. The van der Waals surface area contributed by atoms with Crippen molar-refractivity contribution in [3.05, 3.63) is 29.8 Å². The lowest BCUT2D eigenvalue weighted by Gasteiger charge is -2.32. The standard InChI is InChI=1S/C17H22BNO4/c1-16(2)17(3,4)23-18(22-16)15-12(10-14(20)21-5)11-8-6-7-9-13(11)19-15/h6-9,19H,10H2,1-5H3. The normalized spacial score (nSPS) is 19.3. The Bertz CT molecular complexity index is 734. The number of hydrogen-bond donors (Lipinski definition) is 1. The van der Waals surface area contributed by atoms with Gasteiger partial charge in [-0.3, -0.25) is 4.79 Å². The van der Waals surface area contributed by atoms with Gasteiger partial charge in [0.25, 0.3) is 0 Å². The van der Waals surface area contributed by atoms with Gasteiger partial charge >= 0.3 is 13.1 Å². The summed E-state index contributed by atoms with van der Waals surface area (Å²) in [5.41, 5.74) is 1.74. The van der Waals surface area contributed by atoms with Crippen LogP contribution < -0.4 is 5.59 Å². The number of benzene rings is 1. The van der Waals surface area contributed by atoms with E-state index in [1.807, 2.05) is 52.0 Å². The third-order valence-electron chi connectivity index (χ3n) is 4.88. The Balaban J connectivity index is 2.07. The van der Waals surface area contributed by atoms with Crippen LogP contribution in [-0.4, -0.2) is 36.4 Å². The van der Waals surface area contributed by atoms with E-state index in [1.54, 1.807) is 0 Å². The number of nitrogens with one attached hydrogen (secondary N) is 1. The number of ether oxygens (including phenoxy) is 1. The maximum atomic E-state index is 11.8. The number of carbonyl (C=O) groups is 1. The lowest BCUT2D eigenvalue weighted by Crippen LogP contribution is -2.41. The summed E-state index contributed by atoms with van der Waals surface area (Å²) in [7, 11) is 0.859. The first-order valence-corrected chi connectivity index (χ1v) is 7.77. The molecule has 6 heteroatoms. The Morgan fingerprint density at radius 1 is 1.17 bits per heavy atom. The summed E-state index contributed by atoms with van der Waals surface area (Å²) >= 11 is 0. The lowest BCUT2D eigenvalue weighted by atomic mass is 9.80. The van der Waals surface area contributed by atoms with E-state index in [9.17, 15) is 4.79 Å². The average molecular weight is 315 g/mol. The largest absolute Gasteiger partial charge is 0.512 e. The van der Waals surface area contributed by atoms with Crippen LogP contribution in [0, 0.1) is 0 Å². The molecule has 5 nitrogen and oxygen atoms in total. The quantitative estimate of drug-likeness (QED) is 0.697. The topological polar surface area (TPSA) is 60.6 Å². The lowest BCUT2D eigenvalue weighted by molar-refractivity contribution is -0.139. The Morgan fingerprint density at radius 2 is 1.78 bits per heavy atom. The summed E-state index contributed by atoms with van der Waals surface area (Å²) in [4.78, 5) is 15.2. The molecule has 0 aliphatic carbocycles.